The van der Waals surface area contributed by atoms with Gasteiger partial charge < -0.3 is 14.8 Å². The molecule has 0 heterocycles. The van der Waals surface area contributed by atoms with Crippen molar-refractivity contribution in [1.29, 1.82) is 0 Å². The van der Waals surface area contributed by atoms with Crippen molar-refractivity contribution in [2.45, 2.75) is 4.90 Å². The zero-order chi connectivity index (χ0) is 21.0. The highest BCUT2D eigenvalue weighted by Gasteiger charge is 2.17. The lowest BCUT2D eigenvalue weighted by Gasteiger charge is -2.14. The number of benzene rings is 3. The Bertz CT molecular complexity index is 1100. The van der Waals surface area contributed by atoms with Crippen molar-refractivity contribution in [1.82, 2.24) is 0 Å². The van der Waals surface area contributed by atoms with Crippen molar-refractivity contribution in [3.8, 4) is 5.75 Å². The Labute approximate surface area is 179 Å². The van der Waals surface area contributed by atoms with Gasteiger partial charge in [0.25, 0.3) is 5.91 Å². The molecule has 0 radical (unpaired) electrons. The summed E-state index contributed by atoms with van der Waals surface area (Å²) in [6.07, 6.45) is 0. The Kier molecular flexibility index (Phi) is 6.74. The number of methoxy groups -OCH3 is 1. The van der Waals surface area contributed by atoms with Crippen LogP contribution in [0.5, 0.6) is 5.75 Å². The second kappa shape index (κ2) is 9.26. The Morgan fingerprint density at radius 3 is 2.48 bits per heavy atom. The van der Waals surface area contributed by atoms with Gasteiger partial charge in [0.15, 0.2) is 11.0 Å². The molecule has 3 aromatic rings. The van der Waals surface area contributed by atoms with Gasteiger partial charge in [-0.15, -0.1) is 0 Å². The molecule has 1 amide bonds. The molecule has 29 heavy (non-hydrogen) atoms. The molecule has 0 aliphatic rings. The molecule has 0 saturated heterocycles. The van der Waals surface area contributed by atoms with Crippen LogP contribution in [0.3, 0.4) is 0 Å². The highest BCUT2D eigenvalue weighted by molar-refractivity contribution is 7.86. The lowest BCUT2D eigenvalue weighted by molar-refractivity contribution is 0.102. The molecule has 3 aromatic carbocycles. The lowest BCUT2D eigenvalue weighted by Crippen LogP contribution is -2.16. The van der Waals surface area contributed by atoms with Crippen LogP contribution in [-0.2, 0) is 11.0 Å². The van der Waals surface area contributed by atoms with Crippen molar-refractivity contribution in [3.63, 3.8) is 0 Å². The standard InChI is InChI=1S/C20H15Cl2FN2O3S/c1-28-13-7-9-18(25-29(27)19-5-3-2-4-17(19)23)14(11-13)20(26)24-12-6-8-15(21)16(22)10-12/h2-11,25H,1H3,(H,24,26). The zero-order valence-corrected chi connectivity index (χ0v) is 17.4. The summed E-state index contributed by atoms with van der Waals surface area (Å²) >= 11 is 11.9. The summed E-state index contributed by atoms with van der Waals surface area (Å²) in [5.74, 6) is -0.699. The van der Waals surface area contributed by atoms with Crippen LogP contribution < -0.4 is 14.8 Å². The lowest BCUT2D eigenvalue weighted by atomic mass is 10.1. The minimum absolute atomic E-state index is 0.0286. The van der Waals surface area contributed by atoms with Gasteiger partial charge in [0.1, 0.15) is 11.6 Å². The Hall–Kier alpha value is -2.61. The van der Waals surface area contributed by atoms with E-state index in [2.05, 4.69) is 10.0 Å². The maximum absolute atomic E-state index is 13.9. The number of hydrogen-bond donors (Lipinski definition) is 2. The Morgan fingerprint density at radius 2 is 1.79 bits per heavy atom. The number of nitrogens with one attached hydrogen (secondary N) is 2. The molecule has 1 atom stereocenters. The molecule has 2 N–H and O–H groups in total. The van der Waals surface area contributed by atoms with Gasteiger partial charge in [0.2, 0.25) is 0 Å². The summed E-state index contributed by atoms with van der Waals surface area (Å²) in [6, 6.07) is 14.9. The van der Waals surface area contributed by atoms with Gasteiger partial charge >= 0.3 is 0 Å². The van der Waals surface area contributed by atoms with E-state index in [0.717, 1.165) is 0 Å². The Balaban J connectivity index is 1.90. The topological polar surface area (TPSA) is 67.4 Å². The number of ether oxygens (including phenoxy) is 1. The third kappa shape index (κ3) is 5.06. The SMILES string of the molecule is COc1ccc(NS(=O)c2ccccc2F)c(C(=O)Nc2ccc(Cl)c(Cl)c2)c1. The molecule has 0 aliphatic carbocycles. The monoisotopic (exact) mass is 452 g/mol. The van der Waals surface area contributed by atoms with Crippen molar-refractivity contribution < 1.29 is 18.1 Å². The second-order valence-electron chi connectivity index (χ2n) is 5.80. The van der Waals surface area contributed by atoms with Gasteiger partial charge in [-0.3, -0.25) is 4.79 Å². The van der Waals surface area contributed by atoms with E-state index in [1.807, 2.05) is 0 Å². The van der Waals surface area contributed by atoms with E-state index in [-0.39, 0.29) is 21.2 Å². The summed E-state index contributed by atoms with van der Waals surface area (Å²) in [5.41, 5.74) is 0.818. The number of amides is 1. The van der Waals surface area contributed by atoms with Crippen LogP contribution in [0.2, 0.25) is 10.0 Å². The number of hydrogen-bond acceptors (Lipinski definition) is 3. The molecule has 3 rings (SSSR count). The van der Waals surface area contributed by atoms with Crippen LogP contribution >= 0.6 is 23.2 Å². The van der Waals surface area contributed by atoms with Crippen LogP contribution in [0.1, 0.15) is 10.4 Å². The molecule has 0 spiro atoms. The highest BCUT2D eigenvalue weighted by Crippen LogP contribution is 2.28. The van der Waals surface area contributed by atoms with Crippen molar-refractivity contribution in [2.24, 2.45) is 0 Å². The fraction of sp³-hybridized carbons (Fsp3) is 0.0500. The molecule has 9 heteroatoms. The van der Waals surface area contributed by atoms with Gasteiger partial charge in [0, 0.05) is 5.69 Å². The summed E-state index contributed by atoms with van der Waals surface area (Å²) in [4.78, 5) is 12.8. The van der Waals surface area contributed by atoms with E-state index in [1.54, 1.807) is 24.3 Å². The molecule has 5 nitrogen and oxygen atoms in total. The predicted octanol–water partition coefficient (Wildman–Crippen LogP) is 5.53. The van der Waals surface area contributed by atoms with Crippen molar-refractivity contribution in [2.75, 3.05) is 17.1 Å². The van der Waals surface area contributed by atoms with Gasteiger partial charge in [-0.1, -0.05) is 35.3 Å². The predicted molar refractivity (Wildman–Crippen MR) is 114 cm³/mol. The Morgan fingerprint density at radius 1 is 1.03 bits per heavy atom. The number of rotatable bonds is 6. The van der Waals surface area contributed by atoms with E-state index in [0.29, 0.717) is 16.5 Å². The average Bonchev–Trinajstić information content (AvgIpc) is 2.71. The van der Waals surface area contributed by atoms with E-state index >= 15 is 0 Å². The molecule has 0 aliphatic heterocycles. The van der Waals surface area contributed by atoms with Crippen molar-refractivity contribution >= 4 is 51.5 Å². The van der Waals surface area contributed by atoms with Crippen LogP contribution in [0, 0.1) is 5.82 Å². The first-order valence-electron chi connectivity index (χ1n) is 8.26. The average molecular weight is 453 g/mol. The van der Waals surface area contributed by atoms with E-state index in [1.165, 1.54) is 43.5 Å². The minimum Gasteiger partial charge on any atom is -0.497 e. The zero-order valence-electron chi connectivity index (χ0n) is 15.0. The normalized spacial score (nSPS) is 11.6. The van der Waals surface area contributed by atoms with Crippen LogP contribution in [0.25, 0.3) is 0 Å². The largest absolute Gasteiger partial charge is 0.497 e. The molecule has 1 unspecified atom stereocenters. The summed E-state index contributed by atoms with van der Waals surface area (Å²) < 4.78 is 34.3. The third-order valence-corrected chi connectivity index (χ3v) is 5.76. The maximum atomic E-state index is 13.9. The van der Waals surface area contributed by atoms with Crippen LogP contribution in [0.15, 0.2) is 65.6 Å². The number of halogens is 3. The van der Waals surface area contributed by atoms with Gasteiger partial charge in [-0.2, -0.15) is 0 Å². The molecule has 0 aromatic heterocycles. The molecule has 150 valence electrons. The molecular formula is C20H15Cl2FN2O3S. The van der Waals surface area contributed by atoms with E-state index in [9.17, 15) is 13.4 Å². The molecule has 0 bridgehead atoms. The van der Waals surface area contributed by atoms with Gasteiger partial charge in [-0.05, 0) is 48.5 Å². The van der Waals surface area contributed by atoms with E-state index in [4.69, 9.17) is 27.9 Å². The second-order valence-corrected chi connectivity index (χ2v) is 7.79. The highest BCUT2D eigenvalue weighted by atomic mass is 35.5. The van der Waals surface area contributed by atoms with Crippen molar-refractivity contribution in [3.05, 3.63) is 82.1 Å². The smallest absolute Gasteiger partial charge is 0.257 e. The minimum atomic E-state index is -1.92. The number of carbonyl (C=O) groups is 1. The summed E-state index contributed by atoms with van der Waals surface area (Å²) in [5, 5.41) is 3.33. The first kappa shape index (κ1) is 21.1. The fourth-order valence-corrected chi connectivity index (χ4v) is 3.68. The number of anilines is 2. The van der Waals surface area contributed by atoms with Gasteiger partial charge in [0.05, 0.1) is 33.3 Å². The first-order valence-corrected chi connectivity index (χ1v) is 10.2. The molecule has 0 saturated carbocycles. The quantitative estimate of drug-likeness (QED) is 0.516. The maximum Gasteiger partial charge on any atom is 0.257 e. The van der Waals surface area contributed by atoms with Crippen LogP contribution in [0.4, 0.5) is 15.8 Å². The molecule has 0 fully saturated rings. The summed E-state index contributed by atoms with van der Waals surface area (Å²) in [7, 11) is -0.460. The molecular weight excluding hydrogens is 438 g/mol. The fourth-order valence-electron chi connectivity index (χ4n) is 2.45. The summed E-state index contributed by atoms with van der Waals surface area (Å²) in [6.45, 7) is 0. The van der Waals surface area contributed by atoms with E-state index < -0.39 is 22.7 Å². The third-order valence-electron chi connectivity index (χ3n) is 3.89. The van der Waals surface area contributed by atoms with Gasteiger partial charge in [-0.25, -0.2) is 8.60 Å². The first-order chi connectivity index (χ1) is 13.9. The van der Waals surface area contributed by atoms with Crippen LogP contribution in [-0.4, -0.2) is 17.2 Å². The number of carbonyl (C=O) groups excluding carboxylic acids is 1.